The number of fused-ring (bicyclic) bond motifs is 1. The van der Waals surface area contributed by atoms with Crippen LogP contribution < -0.4 is 0 Å². The van der Waals surface area contributed by atoms with Gasteiger partial charge in [0.1, 0.15) is 0 Å². The van der Waals surface area contributed by atoms with E-state index >= 15 is 0 Å². The molecular formula is C17H19N. The van der Waals surface area contributed by atoms with E-state index in [2.05, 4.69) is 66.4 Å². The highest BCUT2D eigenvalue weighted by Crippen LogP contribution is 2.27. The minimum absolute atomic E-state index is 0.500. The Labute approximate surface area is 109 Å². The van der Waals surface area contributed by atoms with Crippen LogP contribution in [0.25, 0.3) is 0 Å². The second-order valence-corrected chi connectivity index (χ2v) is 5.08. The first-order valence-corrected chi connectivity index (χ1v) is 6.70. The summed E-state index contributed by atoms with van der Waals surface area (Å²) in [6, 6.07) is 20.1. The highest BCUT2D eigenvalue weighted by atomic mass is 15.2. The first kappa shape index (κ1) is 11.5. The molecule has 1 nitrogen and oxygen atoms in total. The van der Waals surface area contributed by atoms with Crippen molar-refractivity contribution in [3.63, 3.8) is 0 Å². The van der Waals surface area contributed by atoms with Crippen molar-refractivity contribution in [2.75, 3.05) is 6.54 Å². The predicted octanol–water partition coefficient (Wildman–Crippen LogP) is 3.81. The van der Waals surface area contributed by atoms with Gasteiger partial charge in [-0.2, -0.15) is 0 Å². The van der Waals surface area contributed by atoms with E-state index in [9.17, 15) is 0 Å². The molecule has 1 aliphatic heterocycles. The Morgan fingerprint density at radius 2 is 1.56 bits per heavy atom. The molecule has 0 aliphatic carbocycles. The fraction of sp³-hybridized carbons (Fsp3) is 0.294. The number of benzene rings is 2. The zero-order chi connectivity index (χ0) is 12.4. The molecule has 0 spiro atoms. The third kappa shape index (κ3) is 2.19. The molecule has 1 heteroatoms. The molecule has 3 rings (SSSR count). The van der Waals surface area contributed by atoms with Gasteiger partial charge in [0.25, 0.3) is 0 Å². The molecule has 2 aromatic rings. The Kier molecular flexibility index (Phi) is 3.16. The minimum Gasteiger partial charge on any atom is -0.292 e. The maximum atomic E-state index is 2.57. The number of rotatable bonds is 2. The Hall–Kier alpha value is -1.60. The third-order valence-corrected chi connectivity index (χ3v) is 3.99. The Balaban J connectivity index is 1.80. The summed E-state index contributed by atoms with van der Waals surface area (Å²) in [4.78, 5) is 2.57. The molecule has 0 saturated heterocycles. The molecule has 1 atom stereocenters. The Bertz CT molecular complexity index is 518. The summed E-state index contributed by atoms with van der Waals surface area (Å²) in [5, 5.41) is 0. The first-order valence-electron chi connectivity index (χ1n) is 6.70. The molecule has 1 heterocycles. The van der Waals surface area contributed by atoms with Crippen molar-refractivity contribution in [2.24, 2.45) is 0 Å². The van der Waals surface area contributed by atoms with Gasteiger partial charge < -0.3 is 0 Å². The summed E-state index contributed by atoms with van der Waals surface area (Å²) >= 11 is 0. The standard InChI is InChI=1S/C17H19N/c1-14(15-7-3-2-4-8-15)18-12-11-16-9-5-6-10-17(16)13-18/h2-10,14H,11-13H2,1H3. The molecule has 18 heavy (non-hydrogen) atoms. The van der Waals surface area contributed by atoms with Crippen LogP contribution in [0.2, 0.25) is 0 Å². The molecule has 0 fully saturated rings. The van der Waals surface area contributed by atoms with E-state index in [1.54, 1.807) is 0 Å². The van der Waals surface area contributed by atoms with Crippen LogP contribution in [-0.4, -0.2) is 11.4 Å². The van der Waals surface area contributed by atoms with Gasteiger partial charge in [0.15, 0.2) is 0 Å². The molecule has 1 aliphatic rings. The van der Waals surface area contributed by atoms with Crippen LogP contribution >= 0.6 is 0 Å². The number of hydrogen-bond donors (Lipinski definition) is 0. The van der Waals surface area contributed by atoms with Crippen molar-refractivity contribution < 1.29 is 0 Å². The lowest BCUT2D eigenvalue weighted by Gasteiger charge is -2.34. The van der Waals surface area contributed by atoms with Crippen molar-refractivity contribution in [2.45, 2.75) is 25.9 Å². The van der Waals surface area contributed by atoms with Crippen LogP contribution in [0.4, 0.5) is 0 Å². The van der Waals surface area contributed by atoms with Crippen LogP contribution in [0.5, 0.6) is 0 Å². The van der Waals surface area contributed by atoms with Crippen molar-refractivity contribution in [1.29, 1.82) is 0 Å². The van der Waals surface area contributed by atoms with Gasteiger partial charge in [-0.15, -0.1) is 0 Å². The molecule has 0 bridgehead atoms. The predicted molar refractivity (Wildman–Crippen MR) is 75.4 cm³/mol. The van der Waals surface area contributed by atoms with E-state index in [1.807, 2.05) is 0 Å². The van der Waals surface area contributed by atoms with E-state index in [0.29, 0.717) is 6.04 Å². The summed E-state index contributed by atoms with van der Waals surface area (Å²) in [6.07, 6.45) is 1.17. The highest BCUT2D eigenvalue weighted by molar-refractivity contribution is 5.30. The van der Waals surface area contributed by atoms with Gasteiger partial charge in [-0.1, -0.05) is 54.6 Å². The van der Waals surface area contributed by atoms with Gasteiger partial charge in [-0.25, -0.2) is 0 Å². The molecule has 0 radical (unpaired) electrons. The largest absolute Gasteiger partial charge is 0.292 e. The van der Waals surface area contributed by atoms with Crippen LogP contribution in [0.1, 0.15) is 29.7 Å². The molecule has 0 aromatic heterocycles. The van der Waals surface area contributed by atoms with Crippen LogP contribution in [0.15, 0.2) is 54.6 Å². The van der Waals surface area contributed by atoms with Gasteiger partial charge in [0, 0.05) is 19.1 Å². The van der Waals surface area contributed by atoms with Crippen molar-refractivity contribution in [3.8, 4) is 0 Å². The van der Waals surface area contributed by atoms with E-state index in [-0.39, 0.29) is 0 Å². The molecule has 1 unspecified atom stereocenters. The molecule has 0 saturated carbocycles. The van der Waals surface area contributed by atoms with Crippen LogP contribution in [-0.2, 0) is 13.0 Å². The fourth-order valence-corrected chi connectivity index (χ4v) is 2.79. The van der Waals surface area contributed by atoms with Gasteiger partial charge in [0.2, 0.25) is 0 Å². The lowest BCUT2D eigenvalue weighted by molar-refractivity contribution is 0.192. The average molecular weight is 237 g/mol. The van der Waals surface area contributed by atoms with E-state index < -0.39 is 0 Å². The second kappa shape index (κ2) is 4.95. The normalized spacial score (nSPS) is 17.2. The molecule has 0 amide bonds. The van der Waals surface area contributed by atoms with Gasteiger partial charge in [-0.05, 0) is 30.0 Å². The van der Waals surface area contributed by atoms with Crippen molar-refractivity contribution in [1.82, 2.24) is 4.90 Å². The lowest BCUT2D eigenvalue weighted by Crippen LogP contribution is -2.32. The van der Waals surface area contributed by atoms with Gasteiger partial charge in [0.05, 0.1) is 0 Å². The summed E-state index contributed by atoms with van der Waals surface area (Å²) in [7, 11) is 0. The molecule has 2 aromatic carbocycles. The third-order valence-electron chi connectivity index (χ3n) is 3.99. The minimum atomic E-state index is 0.500. The first-order chi connectivity index (χ1) is 8.84. The fourth-order valence-electron chi connectivity index (χ4n) is 2.79. The number of nitrogens with zero attached hydrogens (tertiary/aromatic N) is 1. The quantitative estimate of drug-likeness (QED) is 0.767. The van der Waals surface area contributed by atoms with Crippen LogP contribution in [0.3, 0.4) is 0 Å². The van der Waals surface area contributed by atoms with E-state index in [4.69, 9.17) is 0 Å². The van der Waals surface area contributed by atoms with Crippen LogP contribution in [0, 0.1) is 0 Å². The monoisotopic (exact) mass is 237 g/mol. The highest BCUT2D eigenvalue weighted by Gasteiger charge is 2.20. The maximum Gasteiger partial charge on any atom is 0.0323 e. The summed E-state index contributed by atoms with van der Waals surface area (Å²) < 4.78 is 0. The maximum absolute atomic E-state index is 2.57. The summed E-state index contributed by atoms with van der Waals surface area (Å²) in [6.45, 7) is 4.54. The van der Waals surface area contributed by atoms with E-state index in [0.717, 1.165) is 13.1 Å². The number of hydrogen-bond acceptors (Lipinski definition) is 1. The van der Waals surface area contributed by atoms with Gasteiger partial charge >= 0.3 is 0 Å². The van der Waals surface area contributed by atoms with Crippen molar-refractivity contribution in [3.05, 3.63) is 71.3 Å². The zero-order valence-corrected chi connectivity index (χ0v) is 10.8. The smallest absolute Gasteiger partial charge is 0.0323 e. The Morgan fingerprint density at radius 3 is 2.33 bits per heavy atom. The average Bonchev–Trinajstić information content (AvgIpc) is 2.47. The van der Waals surface area contributed by atoms with E-state index in [1.165, 1.54) is 23.1 Å². The lowest BCUT2D eigenvalue weighted by atomic mass is 9.97. The zero-order valence-electron chi connectivity index (χ0n) is 10.8. The van der Waals surface area contributed by atoms with Gasteiger partial charge in [-0.3, -0.25) is 4.90 Å². The topological polar surface area (TPSA) is 3.24 Å². The Morgan fingerprint density at radius 1 is 0.889 bits per heavy atom. The SMILES string of the molecule is CC(c1ccccc1)N1CCc2ccccc2C1. The summed E-state index contributed by atoms with van der Waals surface area (Å²) in [5.74, 6) is 0. The molecular weight excluding hydrogens is 218 g/mol. The van der Waals surface area contributed by atoms with Crippen molar-refractivity contribution >= 4 is 0 Å². The molecule has 0 N–H and O–H groups in total. The molecule has 92 valence electrons. The summed E-state index contributed by atoms with van der Waals surface area (Å²) in [5.41, 5.74) is 4.43. The second-order valence-electron chi connectivity index (χ2n) is 5.08.